The molecule has 0 radical (unpaired) electrons. The highest BCUT2D eigenvalue weighted by Crippen LogP contribution is 2.29. The van der Waals surface area contributed by atoms with Crippen molar-refractivity contribution in [2.75, 3.05) is 13.1 Å². The van der Waals surface area contributed by atoms with Crippen LogP contribution in [0.1, 0.15) is 46.4 Å². The molecule has 2 amide bonds. The number of hydrogen-bond acceptors (Lipinski definition) is 5. The molecule has 1 fully saturated rings. The second-order valence-corrected chi connectivity index (χ2v) is 8.16. The van der Waals surface area contributed by atoms with Gasteiger partial charge in [-0.1, -0.05) is 0 Å². The lowest BCUT2D eigenvalue weighted by Gasteiger charge is -2.27. The molecule has 0 spiro atoms. The molecule has 0 aromatic heterocycles. The van der Waals surface area contributed by atoms with E-state index in [1.807, 2.05) is 0 Å². The van der Waals surface area contributed by atoms with Crippen molar-refractivity contribution in [1.82, 2.24) is 10.6 Å². The quantitative estimate of drug-likeness (QED) is 0.347. The van der Waals surface area contributed by atoms with E-state index in [1.165, 1.54) is 24.3 Å². The van der Waals surface area contributed by atoms with Crippen LogP contribution in [0.3, 0.4) is 0 Å². The minimum atomic E-state index is -4.83. The van der Waals surface area contributed by atoms with Crippen molar-refractivity contribution in [3.05, 3.63) is 59.4 Å². The summed E-state index contributed by atoms with van der Waals surface area (Å²) in [6, 6.07) is 8.09. The number of halogens is 4. The topological polar surface area (TPSA) is 114 Å². The van der Waals surface area contributed by atoms with Gasteiger partial charge in [-0.3, -0.25) is 14.4 Å². The van der Waals surface area contributed by atoms with Gasteiger partial charge < -0.3 is 25.2 Å². The number of alkyl halides is 3. The Labute approximate surface area is 203 Å². The second kappa shape index (κ2) is 11.7. The normalized spacial score (nSPS) is 17.7. The van der Waals surface area contributed by atoms with Crippen LogP contribution >= 0.6 is 0 Å². The molecule has 0 unspecified atom stereocenters. The molecule has 0 bridgehead atoms. The molecule has 8 nitrogen and oxygen atoms in total. The predicted molar refractivity (Wildman–Crippen MR) is 118 cm³/mol. The average molecular weight is 512 g/mol. The lowest BCUT2D eigenvalue weighted by Crippen LogP contribution is -2.34. The number of hydrogen-bond donors (Lipinski definition) is 3. The molecular formula is C24H24F4N2O6. The molecular weight excluding hydrogens is 488 g/mol. The average Bonchev–Trinajstić information content (AvgIpc) is 2.82. The van der Waals surface area contributed by atoms with Gasteiger partial charge in [-0.25, -0.2) is 4.39 Å². The van der Waals surface area contributed by atoms with Crippen molar-refractivity contribution in [3.8, 4) is 11.5 Å². The summed E-state index contributed by atoms with van der Waals surface area (Å²) in [4.78, 5) is 35.4. The van der Waals surface area contributed by atoms with E-state index in [9.17, 15) is 31.9 Å². The highest BCUT2D eigenvalue weighted by molar-refractivity contribution is 5.95. The zero-order valence-corrected chi connectivity index (χ0v) is 18.9. The molecule has 0 aliphatic heterocycles. The van der Waals surface area contributed by atoms with Gasteiger partial charge in [0, 0.05) is 24.2 Å². The van der Waals surface area contributed by atoms with Crippen LogP contribution in [-0.4, -0.2) is 48.4 Å². The summed E-state index contributed by atoms with van der Waals surface area (Å²) in [6.07, 6.45) is -3.23. The number of aliphatic carboxylic acids is 1. The van der Waals surface area contributed by atoms with Gasteiger partial charge in [0.15, 0.2) is 11.6 Å². The number of ether oxygens (including phenoxy) is 2. The summed E-state index contributed by atoms with van der Waals surface area (Å²) in [5.74, 6) is -3.61. The van der Waals surface area contributed by atoms with Crippen LogP contribution in [0.5, 0.6) is 11.5 Å². The van der Waals surface area contributed by atoms with Gasteiger partial charge in [0.1, 0.15) is 5.75 Å². The SMILES string of the molecule is O=C(NCCNC(=O)c1ccc(O[C@H]2CC[C@@H](C(=O)O)CC2)c(F)c1)c1ccc(OC(F)(F)F)cc1. The van der Waals surface area contributed by atoms with Crippen LogP contribution < -0.4 is 20.1 Å². The summed E-state index contributed by atoms with van der Waals surface area (Å²) in [5, 5.41) is 14.1. The minimum Gasteiger partial charge on any atom is -0.487 e. The summed E-state index contributed by atoms with van der Waals surface area (Å²) < 4.78 is 60.4. The fraction of sp³-hybridized carbons (Fsp3) is 0.375. The van der Waals surface area contributed by atoms with E-state index in [4.69, 9.17) is 9.84 Å². The van der Waals surface area contributed by atoms with Crippen molar-refractivity contribution in [2.45, 2.75) is 38.1 Å². The fourth-order valence-electron chi connectivity index (χ4n) is 3.71. The molecule has 0 atom stereocenters. The van der Waals surface area contributed by atoms with E-state index in [0.29, 0.717) is 25.7 Å². The van der Waals surface area contributed by atoms with E-state index >= 15 is 0 Å². The number of rotatable bonds is 9. The van der Waals surface area contributed by atoms with Crippen molar-refractivity contribution in [1.29, 1.82) is 0 Å². The highest BCUT2D eigenvalue weighted by atomic mass is 19.4. The van der Waals surface area contributed by atoms with Crippen LogP contribution in [-0.2, 0) is 4.79 Å². The minimum absolute atomic E-state index is 0.0204. The Hall–Kier alpha value is -3.83. The van der Waals surface area contributed by atoms with Crippen molar-refractivity contribution in [3.63, 3.8) is 0 Å². The first-order chi connectivity index (χ1) is 17.0. The molecule has 12 heteroatoms. The van der Waals surface area contributed by atoms with Crippen LogP contribution in [0, 0.1) is 11.7 Å². The van der Waals surface area contributed by atoms with E-state index in [1.54, 1.807) is 0 Å². The third kappa shape index (κ3) is 7.85. The predicted octanol–water partition coefficient (Wildman–Crippen LogP) is 3.91. The third-order valence-corrected chi connectivity index (χ3v) is 5.56. The van der Waals surface area contributed by atoms with Gasteiger partial charge >= 0.3 is 12.3 Å². The fourth-order valence-corrected chi connectivity index (χ4v) is 3.71. The Balaban J connectivity index is 1.42. The van der Waals surface area contributed by atoms with E-state index in [-0.39, 0.29) is 36.1 Å². The molecule has 1 aliphatic carbocycles. The molecule has 0 heterocycles. The largest absolute Gasteiger partial charge is 0.573 e. The molecule has 1 saturated carbocycles. The van der Waals surface area contributed by atoms with Gasteiger partial charge in [0.2, 0.25) is 0 Å². The van der Waals surface area contributed by atoms with Crippen LogP contribution in [0.25, 0.3) is 0 Å². The van der Waals surface area contributed by atoms with Gasteiger partial charge in [-0.15, -0.1) is 13.2 Å². The number of carbonyl (C=O) groups excluding carboxylic acids is 2. The summed E-state index contributed by atoms with van der Waals surface area (Å²) in [7, 11) is 0. The first kappa shape index (κ1) is 26.8. The maximum Gasteiger partial charge on any atom is 0.573 e. The van der Waals surface area contributed by atoms with Crippen molar-refractivity contribution in [2.24, 2.45) is 5.92 Å². The first-order valence-corrected chi connectivity index (χ1v) is 11.1. The molecule has 1 aliphatic rings. The lowest BCUT2D eigenvalue weighted by molar-refractivity contribution is -0.274. The maximum atomic E-state index is 14.4. The van der Waals surface area contributed by atoms with Gasteiger partial charge in [-0.05, 0) is 68.1 Å². The van der Waals surface area contributed by atoms with Crippen molar-refractivity contribution < 1.29 is 46.5 Å². The number of benzene rings is 2. The highest BCUT2D eigenvalue weighted by Gasteiger charge is 2.31. The first-order valence-electron chi connectivity index (χ1n) is 11.1. The van der Waals surface area contributed by atoms with Crippen LogP contribution in [0.4, 0.5) is 17.6 Å². The molecule has 0 saturated heterocycles. The van der Waals surface area contributed by atoms with Gasteiger partial charge in [0.05, 0.1) is 12.0 Å². The summed E-state index contributed by atoms with van der Waals surface area (Å²) >= 11 is 0. The smallest absolute Gasteiger partial charge is 0.487 e. The standard InChI is InChI=1S/C24H24F4N2O6/c25-19-13-16(5-10-20(19)35-17-6-3-15(4-7-17)23(33)34)22(32)30-12-11-29-21(31)14-1-8-18(9-2-14)36-24(26,27)28/h1-2,5,8-10,13,15,17H,3-4,6-7,11-12H2,(H,29,31)(H,30,32)(H,33,34)/t15-,17+. The number of nitrogens with one attached hydrogen (secondary N) is 2. The molecule has 36 heavy (non-hydrogen) atoms. The summed E-state index contributed by atoms with van der Waals surface area (Å²) in [5.41, 5.74) is 0.144. The number of carboxylic acids is 1. The van der Waals surface area contributed by atoms with Crippen LogP contribution in [0.2, 0.25) is 0 Å². The van der Waals surface area contributed by atoms with Gasteiger partial charge in [-0.2, -0.15) is 0 Å². The Morgan fingerprint density at radius 3 is 1.97 bits per heavy atom. The Morgan fingerprint density at radius 1 is 0.889 bits per heavy atom. The molecule has 2 aromatic rings. The Kier molecular flexibility index (Phi) is 8.73. The van der Waals surface area contributed by atoms with E-state index in [2.05, 4.69) is 15.4 Å². The second-order valence-electron chi connectivity index (χ2n) is 8.16. The van der Waals surface area contributed by atoms with Crippen LogP contribution in [0.15, 0.2) is 42.5 Å². The molecule has 194 valence electrons. The third-order valence-electron chi connectivity index (χ3n) is 5.56. The molecule has 3 N–H and O–H groups in total. The summed E-state index contributed by atoms with van der Waals surface area (Å²) in [6.45, 7) is 0.0423. The zero-order chi connectivity index (χ0) is 26.3. The van der Waals surface area contributed by atoms with Gasteiger partial charge in [0.25, 0.3) is 11.8 Å². The number of carbonyl (C=O) groups is 3. The Morgan fingerprint density at radius 2 is 1.44 bits per heavy atom. The van der Waals surface area contributed by atoms with E-state index < -0.39 is 41.6 Å². The maximum absolute atomic E-state index is 14.4. The molecule has 2 aromatic carbocycles. The lowest BCUT2D eigenvalue weighted by atomic mass is 9.87. The number of carboxylic acid groups (broad SMARTS) is 1. The van der Waals surface area contributed by atoms with Crippen molar-refractivity contribution >= 4 is 17.8 Å². The zero-order valence-electron chi connectivity index (χ0n) is 18.9. The molecule has 3 rings (SSSR count). The number of amides is 2. The van der Waals surface area contributed by atoms with E-state index in [0.717, 1.165) is 18.2 Å². The monoisotopic (exact) mass is 512 g/mol. The Bertz CT molecular complexity index is 1080.